The second-order valence-corrected chi connectivity index (χ2v) is 8.31. The van der Waals surface area contributed by atoms with Crippen molar-refractivity contribution in [3.8, 4) is 11.5 Å². The number of para-hydroxylation sites is 1. The van der Waals surface area contributed by atoms with Gasteiger partial charge in [0.05, 0.1) is 15.8 Å². The fourth-order valence-corrected chi connectivity index (χ4v) is 4.52. The molecule has 3 rings (SSSR count). The number of carbonyl (C=O) groups excluding carboxylic acids is 1. The second-order valence-electron chi connectivity index (χ2n) is 5.97. The Labute approximate surface area is 157 Å². The lowest BCUT2D eigenvalue weighted by Crippen LogP contribution is -2.33. The molecule has 0 radical (unpaired) electrons. The molecule has 2 aromatic rings. The van der Waals surface area contributed by atoms with Crippen LogP contribution in [0.3, 0.4) is 0 Å². The van der Waals surface area contributed by atoms with Crippen molar-refractivity contribution in [2.75, 3.05) is 20.1 Å². The Kier molecular flexibility index (Phi) is 5.50. The van der Waals surface area contributed by atoms with Gasteiger partial charge < -0.3 is 10.1 Å². The van der Waals surface area contributed by atoms with E-state index in [4.69, 9.17) is 16.3 Å². The number of sulfonamides is 1. The lowest BCUT2D eigenvalue weighted by molar-refractivity contribution is -0.123. The molecule has 1 atom stereocenters. The number of hydrogen-bond donors (Lipinski definition) is 1. The summed E-state index contributed by atoms with van der Waals surface area (Å²) >= 11 is 6.06. The molecule has 1 N–H and O–H groups in total. The standard InChI is InChI=1S/C18H19ClN2O4S/c1-20-18(22)13-10-11-21(12-13)26(23,24)15-8-6-14(7-9-15)25-17-5-3-2-4-16(17)19/h2-9,13H,10-12H2,1H3,(H,20,22)/t13-/m0/s1. The third-order valence-corrected chi connectivity index (χ3v) is 6.49. The first-order valence-electron chi connectivity index (χ1n) is 8.16. The van der Waals surface area contributed by atoms with Crippen molar-refractivity contribution in [3.05, 3.63) is 53.6 Å². The van der Waals surface area contributed by atoms with Crippen molar-refractivity contribution in [1.82, 2.24) is 9.62 Å². The fourth-order valence-electron chi connectivity index (χ4n) is 2.85. The Morgan fingerprint density at radius 1 is 1.19 bits per heavy atom. The average molecular weight is 395 g/mol. The highest BCUT2D eigenvalue weighted by Gasteiger charge is 2.35. The molecule has 0 spiro atoms. The van der Waals surface area contributed by atoms with Gasteiger partial charge in [0.25, 0.3) is 0 Å². The van der Waals surface area contributed by atoms with Crippen molar-refractivity contribution in [3.63, 3.8) is 0 Å². The van der Waals surface area contributed by atoms with Crippen LogP contribution in [0.15, 0.2) is 53.4 Å². The summed E-state index contributed by atoms with van der Waals surface area (Å²) in [6.45, 7) is 0.526. The molecular formula is C18H19ClN2O4S. The minimum absolute atomic E-state index is 0.133. The minimum Gasteiger partial charge on any atom is -0.456 e. The number of nitrogens with one attached hydrogen (secondary N) is 1. The first-order chi connectivity index (χ1) is 12.4. The summed E-state index contributed by atoms with van der Waals surface area (Å²) in [4.78, 5) is 11.9. The van der Waals surface area contributed by atoms with Gasteiger partial charge in [-0.1, -0.05) is 23.7 Å². The van der Waals surface area contributed by atoms with Crippen molar-refractivity contribution >= 4 is 27.5 Å². The number of halogens is 1. The maximum absolute atomic E-state index is 12.7. The summed E-state index contributed by atoms with van der Waals surface area (Å²) in [5.74, 6) is 0.545. The van der Waals surface area contributed by atoms with Crippen LogP contribution in [-0.2, 0) is 14.8 Å². The van der Waals surface area contributed by atoms with Gasteiger partial charge in [-0.05, 0) is 42.8 Å². The molecular weight excluding hydrogens is 376 g/mol. The monoisotopic (exact) mass is 394 g/mol. The highest BCUT2D eigenvalue weighted by Crippen LogP contribution is 2.30. The van der Waals surface area contributed by atoms with E-state index in [1.165, 1.54) is 16.4 Å². The van der Waals surface area contributed by atoms with Crippen LogP contribution in [0.2, 0.25) is 5.02 Å². The smallest absolute Gasteiger partial charge is 0.243 e. The zero-order chi connectivity index (χ0) is 18.7. The van der Waals surface area contributed by atoms with Gasteiger partial charge in [0, 0.05) is 20.1 Å². The molecule has 0 aromatic heterocycles. The van der Waals surface area contributed by atoms with Crippen LogP contribution in [0, 0.1) is 5.92 Å². The van der Waals surface area contributed by atoms with Crippen molar-refractivity contribution < 1.29 is 17.9 Å². The quantitative estimate of drug-likeness (QED) is 0.846. The van der Waals surface area contributed by atoms with E-state index in [1.807, 2.05) is 0 Å². The van der Waals surface area contributed by atoms with Crippen LogP contribution in [0.1, 0.15) is 6.42 Å². The number of hydrogen-bond acceptors (Lipinski definition) is 4. The number of rotatable bonds is 5. The van der Waals surface area contributed by atoms with E-state index in [2.05, 4.69) is 5.32 Å². The Bertz CT molecular complexity index is 900. The van der Waals surface area contributed by atoms with Gasteiger partial charge in [-0.15, -0.1) is 0 Å². The molecule has 0 bridgehead atoms. The zero-order valence-electron chi connectivity index (χ0n) is 14.2. The highest BCUT2D eigenvalue weighted by atomic mass is 35.5. The predicted octanol–water partition coefficient (Wildman–Crippen LogP) is 2.89. The summed E-state index contributed by atoms with van der Waals surface area (Å²) in [6, 6.07) is 13.2. The summed E-state index contributed by atoms with van der Waals surface area (Å²) in [7, 11) is -2.09. The first-order valence-corrected chi connectivity index (χ1v) is 9.98. The Morgan fingerprint density at radius 2 is 1.88 bits per heavy atom. The molecule has 8 heteroatoms. The Hall–Kier alpha value is -2.09. The van der Waals surface area contributed by atoms with Crippen molar-refractivity contribution in [1.29, 1.82) is 0 Å². The van der Waals surface area contributed by atoms with Gasteiger partial charge in [-0.3, -0.25) is 4.79 Å². The van der Waals surface area contributed by atoms with Gasteiger partial charge in [0.2, 0.25) is 15.9 Å². The molecule has 0 saturated carbocycles. The van der Waals surface area contributed by atoms with E-state index in [0.717, 1.165) is 0 Å². The molecule has 1 heterocycles. The average Bonchev–Trinajstić information content (AvgIpc) is 3.14. The van der Waals surface area contributed by atoms with Crippen molar-refractivity contribution in [2.24, 2.45) is 5.92 Å². The van der Waals surface area contributed by atoms with Crippen LogP contribution in [0.5, 0.6) is 11.5 Å². The van der Waals surface area contributed by atoms with Crippen LogP contribution >= 0.6 is 11.6 Å². The van der Waals surface area contributed by atoms with Gasteiger partial charge in [0.15, 0.2) is 0 Å². The number of nitrogens with zero attached hydrogens (tertiary/aromatic N) is 1. The summed E-state index contributed by atoms with van der Waals surface area (Å²) in [6.07, 6.45) is 0.520. The van der Waals surface area contributed by atoms with Crippen LogP contribution in [-0.4, -0.2) is 38.8 Å². The molecule has 6 nitrogen and oxygen atoms in total. The summed E-state index contributed by atoms with van der Waals surface area (Å²) in [5, 5.41) is 3.04. The number of benzene rings is 2. The van der Waals surface area contributed by atoms with Crippen LogP contribution in [0.25, 0.3) is 0 Å². The molecule has 0 aliphatic carbocycles. The molecule has 1 saturated heterocycles. The zero-order valence-corrected chi connectivity index (χ0v) is 15.8. The summed E-state index contributed by atoms with van der Waals surface area (Å²) < 4.78 is 32.5. The Balaban J connectivity index is 1.73. The molecule has 1 aliphatic heterocycles. The lowest BCUT2D eigenvalue weighted by atomic mass is 10.1. The van der Waals surface area contributed by atoms with E-state index < -0.39 is 10.0 Å². The molecule has 138 valence electrons. The maximum atomic E-state index is 12.7. The largest absolute Gasteiger partial charge is 0.456 e. The number of ether oxygens (including phenoxy) is 1. The molecule has 1 amide bonds. The normalized spacial score (nSPS) is 17.8. The maximum Gasteiger partial charge on any atom is 0.243 e. The van der Waals surface area contributed by atoms with Crippen LogP contribution in [0.4, 0.5) is 0 Å². The van der Waals surface area contributed by atoms with E-state index in [1.54, 1.807) is 43.4 Å². The highest BCUT2D eigenvalue weighted by molar-refractivity contribution is 7.89. The molecule has 26 heavy (non-hydrogen) atoms. The predicted molar refractivity (Wildman–Crippen MR) is 98.9 cm³/mol. The topological polar surface area (TPSA) is 75.7 Å². The number of amides is 1. The SMILES string of the molecule is CNC(=O)[C@H]1CCN(S(=O)(=O)c2ccc(Oc3ccccc3Cl)cc2)C1. The minimum atomic E-state index is -3.64. The third kappa shape index (κ3) is 3.85. The second kappa shape index (κ2) is 7.65. The Morgan fingerprint density at radius 3 is 2.54 bits per heavy atom. The lowest BCUT2D eigenvalue weighted by Gasteiger charge is -2.16. The van der Waals surface area contributed by atoms with Crippen molar-refractivity contribution in [2.45, 2.75) is 11.3 Å². The fraction of sp³-hybridized carbons (Fsp3) is 0.278. The molecule has 1 aliphatic rings. The third-order valence-electron chi connectivity index (χ3n) is 4.29. The van der Waals surface area contributed by atoms with E-state index >= 15 is 0 Å². The molecule has 0 unspecified atom stereocenters. The molecule has 2 aromatic carbocycles. The molecule has 1 fully saturated rings. The van der Waals surface area contributed by atoms with E-state index in [9.17, 15) is 13.2 Å². The first kappa shape index (κ1) is 18.7. The van der Waals surface area contributed by atoms with E-state index in [0.29, 0.717) is 29.5 Å². The van der Waals surface area contributed by atoms with Gasteiger partial charge >= 0.3 is 0 Å². The van der Waals surface area contributed by atoms with Gasteiger partial charge in [-0.25, -0.2) is 8.42 Å². The van der Waals surface area contributed by atoms with Gasteiger partial charge in [0.1, 0.15) is 11.5 Å². The van der Waals surface area contributed by atoms with E-state index in [-0.39, 0.29) is 23.3 Å². The van der Waals surface area contributed by atoms with Gasteiger partial charge in [-0.2, -0.15) is 4.31 Å². The summed E-state index contributed by atoms with van der Waals surface area (Å²) in [5.41, 5.74) is 0. The number of carbonyl (C=O) groups is 1. The van der Waals surface area contributed by atoms with Crippen LogP contribution < -0.4 is 10.1 Å².